The van der Waals surface area contributed by atoms with E-state index in [9.17, 15) is 18.0 Å². The van der Waals surface area contributed by atoms with Crippen molar-refractivity contribution in [1.82, 2.24) is 14.7 Å². The summed E-state index contributed by atoms with van der Waals surface area (Å²) >= 11 is 0. The van der Waals surface area contributed by atoms with Gasteiger partial charge in [-0.1, -0.05) is 0 Å². The minimum Gasteiger partial charge on any atom is -0.337 e. The van der Waals surface area contributed by atoms with E-state index in [1.807, 2.05) is 0 Å². The molecule has 0 unspecified atom stereocenters. The molecule has 0 radical (unpaired) electrons. The van der Waals surface area contributed by atoms with E-state index in [-0.39, 0.29) is 31.8 Å². The largest absolute Gasteiger partial charge is 0.391 e. The summed E-state index contributed by atoms with van der Waals surface area (Å²) in [5.74, 6) is -1.54. The zero-order valence-corrected chi connectivity index (χ0v) is 9.94. The first kappa shape index (κ1) is 12.9. The van der Waals surface area contributed by atoms with Crippen molar-refractivity contribution in [2.75, 3.05) is 13.1 Å². The van der Waals surface area contributed by atoms with Gasteiger partial charge in [-0.15, -0.1) is 0 Å². The van der Waals surface area contributed by atoms with Crippen LogP contribution in [-0.4, -0.2) is 39.9 Å². The Hall–Kier alpha value is -1.53. The van der Waals surface area contributed by atoms with Gasteiger partial charge in [0, 0.05) is 26.3 Å². The smallest absolute Gasteiger partial charge is 0.337 e. The van der Waals surface area contributed by atoms with E-state index in [4.69, 9.17) is 0 Å². The highest BCUT2D eigenvalue weighted by molar-refractivity contribution is 5.92. The Morgan fingerprint density at radius 2 is 2.00 bits per heavy atom. The third-order valence-electron chi connectivity index (χ3n) is 3.29. The van der Waals surface area contributed by atoms with Crippen molar-refractivity contribution in [1.29, 1.82) is 0 Å². The Labute approximate surface area is 102 Å². The number of hydrogen-bond donors (Lipinski definition) is 0. The molecule has 1 amide bonds. The zero-order valence-electron chi connectivity index (χ0n) is 9.94. The molecule has 0 saturated carbocycles. The van der Waals surface area contributed by atoms with Gasteiger partial charge in [-0.25, -0.2) is 0 Å². The van der Waals surface area contributed by atoms with Crippen molar-refractivity contribution in [3.8, 4) is 0 Å². The number of nitrogens with zero attached hydrogens (tertiary/aromatic N) is 3. The predicted octanol–water partition coefficient (Wildman–Crippen LogP) is 1.83. The molecule has 0 aromatic carbocycles. The van der Waals surface area contributed by atoms with Crippen LogP contribution >= 0.6 is 0 Å². The quantitative estimate of drug-likeness (QED) is 0.773. The maximum atomic E-state index is 12.5. The Balaban J connectivity index is 1.99. The number of alkyl halides is 3. The average Bonchev–Trinajstić information content (AvgIpc) is 2.73. The minimum atomic E-state index is -4.15. The van der Waals surface area contributed by atoms with Crippen molar-refractivity contribution in [3.63, 3.8) is 0 Å². The first-order valence-corrected chi connectivity index (χ1v) is 5.73. The molecule has 0 bridgehead atoms. The van der Waals surface area contributed by atoms with Gasteiger partial charge >= 0.3 is 6.18 Å². The number of rotatable bonds is 1. The fourth-order valence-corrected chi connectivity index (χ4v) is 2.16. The summed E-state index contributed by atoms with van der Waals surface area (Å²) in [6, 6.07) is 1.57. The number of hydrogen-bond acceptors (Lipinski definition) is 2. The molecule has 0 atom stereocenters. The van der Waals surface area contributed by atoms with E-state index in [1.165, 1.54) is 15.8 Å². The Morgan fingerprint density at radius 3 is 2.44 bits per heavy atom. The number of aromatic nitrogens is 2. The van der Waals surface area contributed by atoms with E-state index in [2.05, 4.69) is 5.10 Å². The molecule has 2 rings (SSSR count). The zero-order chi connectivity index (χ0) is 13.3. The van der Waals surface area contributed by atoms with Gasteiger partial charge in [0.2, 0.25) is 0 Å². The molecule has 1 fully saturated rings. The molecule has 1 aromatic heterocycles. The molecule has 18 heavy (non-hydrogen) atoms. The summed E-state index contributed by atoms with van der Waals surface area (Å²) in [6.45, 7) is 0.294. The highest BCUT2D eigenvalue weighted by Crippen LogP contribution is 2.34. The van der Waals surface area contributed by atoms with Gasteiger partial charge in [0.25, 0.3) is 5.91 Å². The van der Waals surface area contributed by atoms with Crippen molar-refractivity contribution in [2.24, 2.45) is 13.0 Å². The van der Waals surface area contributed by atoms with Crippen LogP contribution in [0.15, 0.2) is 12.3 Å². The number of carbonyl (C=O) groups is 1. The van der Waals surface area contributed by atoms with Gasteiger partial charge in [0.1, 0.15) is 5.69 Å². The van der Waals surface area contributed by atoms with Crippen LogP contribution in [0.2, 0.25) is 0 Å². The number of carbonyl (C=O) groups excluding carboxylic acids is 1. The van der Waals surface area contributed by atoms with Crippen LogP contribution in [0.5, 0.6) is 0 Å². The monoisotopic (exact) mass is 261 g/mol. The second kappa shape index (κ2) is 4.62. The molecule has 0 N–H and O–H groups in total. The molecule has 4 nitrogen and oxygen atoms in total. The first-order chi connectivity index (χ1) is 8.39. The molecule has 0 aliphatic carbocycles. The third kappa shape index (κ3) is 2.49. The number of halogens is 3. The molecular formula is C11H14F3N3O. The Bertz CT molecular complexity index is 433. The van der Waals surface area contributed by atoms with Crippen LogP contribution < -0.4 is 0 Å². The lowest BCUT2D eigenvalue weighted by molar-refractivity contribution is -0.183. The summed E-state index contributed by atoms with van der Waals surface area (Å²) in [7, 11) is 1.63. The van der Waals surface area contributed by atoms with Crippen LogP contribution in [-0.2, 0) is 7.05 Å². The van der Waals surface area contributed by atoms with Crippen molar-refractivity contribution < 1.29 is 18.0 Å². The molecule has 1 aliphatic rings. The second-order valence-corrected chi connectivity index (χ2v) is 4.45. The summed E-state index contributed by atoms with van der Waals surface area (Å²) in [5, 5.41) is 3.88. The molecule has 1 aliphatic heterocycles. The fraction of sp³-hybridized carbons (Fsp3) is 0.636. The lowest BCUT2D eigenvalue weighted by Gasteiger charge is -2.32. The molecule has 1 aromatic rings. The van der Waals surface area contributed by atoms with Crippen molar-refractivity contribution in [2.45, 2.75) is 19.0 Å². The SMILES string of the molecule is Cn1nccc1C(=O)N1CCC(C(F)(F)F)CC1. The maximum Gasteiger partial charge on any atom is 0.391 e. The maximum absolute atomic E-state index is 12.5. The van der Waals surface area contributed by atoms with E-state index >= 15 is 0 Å². The average molecular weight is 261 g/mol. The highest BCUT2D eigenvalue weighted by atomic mass is 19.4. The lowest BCUT2D eigenvalue weighted by atomic mass is 9.96. The Morgan fingerprint density at radius 1 is 1.39 bits per heavy atom. The van der Waals surface area contributed by atoms with Gasteiger partial charge < -0.3 is 4.90 Å². The van der Waals surface area contributed by atoms with Gasteiger partial charge in [0.05, 0.1) is 5.92 Å². The lowest BCUT2D eigenvalue weighted by Crippen LogP contribution is -2.42. The molecule has 7 heteroatoms. The second-order valence-electron chi connectivity index (χ2n) is 4.45. The number of likely N-dealkylation sites (tertiary alicyclic amines) is 1. The summed E-state index contributed by atoms with van der Waals surface area (Å²) in [4.78, 5) is 13.5. The van der Waals surface area contributed by atoms with Crippen molar-refractivity contribution >= 4 is 5.91 Å². The van der Waals surface area contributed by atoms with Gasteiger partial charge in [-0.05, 0) is 18.9 Å². The normalized spacial score (nSPS) is 18.1. The fourth-order valence-electron chi connectivity index (χ4n) is 2.16. The van der Waals surface area contributed by atoms with Crippen molar-refractivity contribution in [3.05, 3.63) is 18.0 Å². The summed E-state index contributed by atoms with van der Waals surface area (Å²) in [5.41, 5.74) is 0.403. The number of piperidine rings is 1. The molecule has 0 spiro atoms. The topological polar surface area (TPSA) is 38.1 Å². The molecule has 2 heterocycles. The van der Waals surface area contributed by atoms with Crippen LogP contribution in [0.1, 0.15) is 23.3 Å². The molecule has 1 saturated heterocycles. The van der Waals surface area contributed by atoms with E-state index in [0.29, 0.717) is 5.69 Å². The van der Waals surface area contributed by atoms with E-state index < -0.39 is 12.1 Å². The van der Waals surface area contributed by atoms with E-state index in [1.54, 1.807) is 13.1 Å². The predicted molar refractivity (Wildman–Crippen MR) is 57.9 cm³/mol. The minimum absolute atomic E-state index is 0.0207. The Kier molecular flexibility index (Phi) is 3.32. The van der Waals surface area contributed by atoms with Gasteiger partial charge in [-0.2, -0.15) is 18.3 Å². The first-order valence-electron chi connectivity index (χ1n) is 5.73. The van der Waals surface area contributed by atoms with Crippen LogP contribution in [0.25, 0.3) is 0 Å². The van der Waals surface area contributed by atoms with Gasteiger partial charge in [0.15, 0.2) is 0 Å². The number of amides is 1. The summed E-state index contributed by atoms with van der Waals surface area (Å²) in [6.07, 6.45) is -2.70. The van der Waals surface area contributed by atoms with E-state index in [0.717, 1.165) is 0 Å². The van der Waals surface area contributed by atoms with Crippen LogP contribution in [0, 0.1) is 5.92 Å². The molecule has 100 valence electrons. The standard InChI is InChI=1S/C11H14F3N3O/c1-16-9(2-5-15-16)10(18)17-6-3-8(4-7-17)11(12,13)14/h2,5,8H,3-4,6-7H2,1H3. The van der Waals surface area contributed by atoms with Crippen LogP contribution in [0.4, 0.5) is 13.2 Å². The van der Waals surface area contributed by atoms with Gasteiger partial charge in [-0.3, -0.25) is 9.48 Å². The summed E-state index contributed by atoms with van der Waals surface area (Å²) < 4.78 is 38.9. The third-order valence-corrected chi connectivity index (χ3v) is 3.29. The number of aryl methyl sites for hydroxylation is 1. The highest BCUT2D eigenvalue weighted by Gasteiger charge is 2.41. The van der Waals surface area contributed by atoms with Crippen LogP contribution in [0.3, 0.4) is 0 Å². The molecular weight excluding hydrogens is 247 g/mol.